The van der Waals surface area contributed by atoms with E-state index >= 15 is 0 Å². The molecule has 18 heavy (non-hydrogen) atoms. The second kappa shape index (κ2) is 6.03. The first kappa shape index (κ1) is 14.7. The maximum Gasteiger partial charge on any atom is 0.238 e. The highest BCUT2D eigenvalue weighted by molar-refractivity contribution is 7.89. The number of anilines is 2. The zero-order valence-electron chi connectivity index (χ0n) is 10.5. The third kappa shape index (κ3) is 4.17. The van der Waals surface area contributed by atoms with Gasteiger partial charge in [-0.3, -0.25) is 0 Å². The van der Waals surface area contributed by atoms with E-state index in [0.717, 1.165) is 0 Å². The molecule has 0 radical (unpaired) electrons. The lowest BCUT2D eigenvalue weighted by molar-refractivity contribution is 0.0855. The van der Waals surface area contributed by atoms with Gasteiger partial charge < -0.3 is 15.8 Å². The summed E-state index contributed by atoms with van der Waals surface area (Å²) in [5, 5.41) is 8.10. The number of nitrogen functional groups attached to an aromatic ring is 1. The average Bonchev–Trinajstić information content (AvgIpc) is 2.26. The van der Waals surface area contributed by atoms with Crippen molar-refractivity contribution in [1.82, 2.24) is 0 Å². The Kier molecular flexibility index (Phi) is 4.94. The fourth-order valence-electron chi connectivity index (χ4n) is 1.48. The van der Waals surface area contributed by atoms with Gasteiger partial charge in [0.25, 0.3) is 0 Å². The number of nitrogens with two attached hydrogens (primary N) is 2. The van der Waals surface area contributed by atoms with E-state index in [4.69, 9.17) is 15.6 Å². The molecule has 0 saturated carbocycles. The van der Waals surface area contributed by atoms with Crippen LogP contribution >= 0.6 is 0 Å². The van der Waals surface area contributed by atoms with E-state index in [1.54, 1.807) is 6.07 Å². The lowest BCUT2D eigenvalue weighted by Crippen LogP contribution is -2.20. The Labute approximate surface area is 107 Å². The van der Waals surface area contributed by atoms with Gasteiger partial charge >= 0.3 is 0 Å². The zero-order chi connectivity index (χ0) is 13.8. The number of nitrogens with one attached hydrogen (secondary N) is 1. The summed E-state index contributed by atoms with van der Waals surface area (Å²) in [6, 6.07) is 4.34. The standard InChI is InChI=1S/C11H19N3O3S/c1-3-17-8(2)7-14-11-5-4-9(6-10(11)12)18(13,15)16/h4-6,8,14H,3,7,12H2,1-2H3,(H2,13,15,16). The number of primary sulfonamides is 1. The summed E-state index contributed by atoms with van der Waals surface area (Å²) >= 11 is 0. The van der Waals surface area contributed by atoms with Crippen molar-refractivity contribution in [3.05, 3.63) is 18.2 Å². The topological polar surface area (TPSA) is 107 Å². The number of hydrogen-bond acceptors (Lipinski definition) is 5. The average molecular weight is 273 g/mol. The predicted molar refractivity (Wildman–Crippen MR) is 71.8 cm³/mol. The second-order valence-electron chi connectivity index (χ2n) is 3.94. The fourth-order valence-corrected chi connectivity index (χ4v) is 2.02. The van der Waals surface area contributed by atoms with E-state index in [9.17, 15) is 8.42 Å². The van der Waals surface area contributed by atoms with Gasteiger partial charge in [-0.15, -0.1) is 0 Å². The lowest BCUT2D eigenvalue weighted by atomic mass is 10.2. The summed E-state index contributed by atoms with van der Waals surface area (Å²) in [7, 11) is -3.71. The van der Waals surface area contributed by atoms with Crippen molar-refractivity contribution in [1.29, 1.82) is 0 Å². The van der Waals surface area contributed by atoms with Crippen LogP contribution in [-0.4, -0.2) is 27.7 Å². The van der Waals surface area contributed by atoms with Crippen molar-refractivity contribution < 1.29 is 13.2 Å². The largest absolute Gasteiger partial charge is 0.397 e. The van der Waals surface area contributed by atoms with E-state index in [0.29, 0.717) is 24.5 Å². The fraction of sp³-hybridized carbons (Fsp3) is 0.455. The van der Waals surface area contributed by atoms with Gasteiger partial charge in [0.1, 0.15) is 0 Å². The van der Waals surface area contributed by atoms with Gasteiger partial charge in [-0.2, -0.15) is 0 Å². The van der Waals surface area contributed by atoms with Crippen LogP contribution in [-0.2, 0) is 14.8 Å². The molecule has 0 bridgehead atoms. The minimum Gasteiger partial charge on any atom is -0.397 e. The van der Waals surface area contributed by atoms with Crippen LogP contribution in [0.15, 0.2) is 23.1 Å². The van der Waals surface area contributed by atoms with Crippen molar-refractivity contribution >= 4 is 21.4 Å². The number of sulfonamides is 1. The van der Waals surface area contributed by atoms with Crippen LogP contribution in [0.1, 0.15) is 13.8 Å². The maximum atomic E-state index is 11.1. The molecule has 1 rings (SSSR count). The highest BCUT2D eigenvalue weighted by Gasteiger charge is 2.10. The van der Waals surface area contributed by atoms with E-state index in [1.807, 2.05) is 13.8 Å². The molecule has 0 amide bonds. The van der Waals surface area contributed by atoms with Crippen LogP contribution in [0.25, 0.3) is 0 Å². The number of hydrogen-bond donors (Lipinski definition) is 3. The number of ether oxygens (including phenoxy) is 1. The highest BCUT2D eigenvalue weighted by atomic mass is 32.2. The Morgan fingerprint density at radius 1 is 1.44 bits per heavy atom. The monoisotopic (exact) mass is 273 g/mol. The summed E-state index contributed by atoms with van der Waals surface area (Å²) in [4.78, 5) is 0.00315. The SMILES string of the molecule is CCOC(C)CNc1ccc(S(N)(=O)=O)cc1N. The molecule has 1 unspecified atom stereocenters. The molecule has 0 aliphatic carbocycles. The molecule has 0 aromatic heterocycles. The summed E-state index contributed by atoms with van der Waals surface area (Å²) in [6.45, 7) is 5.09. The van der Waals surface area contributed by atoms with Crippen molar-refractivity contribution in [2.75, 3.05) is 24.2 Å². The number of benzene rings is 1. The Morgan fingerprint density at radius 2 is 2.11 bits per heavy atom. The molecule has 0 spiro atoms. The lowest BCUT2D eigenvalue weighted by Gasteiger charge is -2.15. The Hall–Kier alpha value is -1.31. The third-order valence-electron chi connectivity index (χ3n) is 2.38. The van der Waals surface area contributed by atoms with Crippen LogP contribution in [0.2, 0.25) is 0 Å². The maximum absolute atomic E-state index is 11.1. The highest BCUT2D eigenvalue weighted by Crippen LogP contribution is 2.21. The molecule has 5 N–H and O–H groups in total. The third-order valence-corrected chi connectivity index (χ3v) is 3.29. The summed E-state index contributed by atoms with van der Waals surface area (Å²) in [5.74, 6) is 0. The van der Waals surface area contributed by atoms with E-state index < -0.39 is 10.0 Å². The molecule has 1 atom stereocenters. The Balaban J connectivity index is 2.75. The van der Waals surface area contributed by atoms with E-state index in [1.165, 1.54) is 12.1 Å². The minimum absolute atomic E-state index is 0.00315. The first-order valence-electron chi connectivity index (χ1n) is 5.62. The molecule has 0 aliphatic heterocycles. The molecule has 1 aromatic rings. The normalized spacial score (nSPS) is 13.3. The molecule has 0 aliphatic rings. The van der Waals surface area contributed by atoms with Crippen LogP contribution < -0.4 is 16.2 Å². The van der Waals surface area contributed by atoms with Crippen LogP contribution in [0, 0.1) is 0 Å². The van der Waals surface area contributed by atoms with Crippen molar-refractivity contribution in [2.45, 2.75) is 24.8 Å². The van der Waals surface area contributed by atoms with Gasteiger partial charge in [-0.05, 0) is 32.0 Å². The smallest absolute Gasteiger partial charge is 0.238 e. The predicted octanol–water partition coefficient (Wildman–Crippen LogP) is 0.753. The van der Waals surface area contributed by atoms with Crippen LogP contribution in [0.3, 0.4) is 0 Å². The molecule has 7 heteroatoms. The van der Waals surface area contributed by atoms with E-state index in [-0.39, 0.29) is 11.0 Å². The molecular formula is C11H19N3O3S. The molecule has 0 fully saturated rings. The van der Waals surface area contributed by atoms with Crippen molar-refractivity contribution in [3.63, 3.8) is 0 Å². The van der Waals surface area contributed by atoms with Gasteiger partial charge in [-0.1, -0.05) is 0 Å². The molecular weight excluding hydrogens is 254 g/mol. The van der Waals surface area contributed by atoms with Gasteiger partial charge in [0.05, 0.1) is 22.4 Å². The van der Waals surface area contributed by atoms with Crippen molar-refractivity contribution in [3.8, 4) is 0 Å². The Morgan fingerprint density at radius 3 is 2.61 bits per heavy atom. The molecule has 6 nitrogen and oxygen atoms in total. The quantitative estimate of drug-likeness (QED) is 0.663. The van der Waals surface area contributed by atoms with Gasteiger partial charge in [0.15, 0.2) is 0 Å². The van der Waals surface area contributed by atoms with Gasteiger partial charge in [0.2, 0.25) is 10.0 Å². The summed E-state index contributed by atoms with van der Waals surface area (Å²) in [6.07, 6.45) is 0.0484. The second-order valence-corrected chi connectivity index (χ2v) is 5.50. The van der Waals surface area contributed by atoms with Crippen molar-refractivity contribution in [2.24, 2.45) is 5.14 Å². The first-order chi connectivity index (χ1) is 8.34. The van der Waals surface area contributed by atoms with Crippen LogP contribution in [0.4, 0.5) is 11.4 Å². The molecule has 0 saturated heterocycles. The molecule has 102 valence electrons. The van der Waals surface area contributed by atoms with E-state index in [2.05, 4.69) is 5.32 Å². The molecule has 1 aromatic carbocycles. The van der Waals surface area contributed by atoms with Gasteiger partial charge in [0, 0.05) is 13.2 Å². The first-order valence-corrected chi connectivity index (χ1v) is 7.17. The van der Waals surface area contributed by atoms with Gasteiger partial charge in [-0.25, -0.2) is 13.6 Å². The number of rotatable bonds is 6. The minimum atomic E-state index is -3.71. The Bertz CT molecular complexity index is 502. The molecule has 0 heterocycles. The van der Waals surface area contributed by atoms with Crippen LogP contribution in [0.5, 0.6) is 0 Å². The summed E-state index contributed by atoms with van der Waals surface area (Å²) < 4.78 is 27.6. The summed E-state index contributed by atoms with van der Waals surface area (Å²) in [5.41, 5.74) is 6.75. The zero-order valence-corrected chi connectivity index (χ0v) is 11.3.